The van der Waals surface area contributed by atoms with E-state index in [9.17, 15) is 0 Å². The van der Waals surface area contributed by atoms with Crippen molar-refractivity contribution in [1.29, 1.82) is 0 Å². The molecule has 10 aromatic carbocycles. The maximum Gasteiger partial charge on any atom is 0.297 e. The molecule has 6 aliphatic rings. The minimum absolute atomic E-state index is 0.000990. The lowest BCUT2D eigenvalue weighted by Crippen LogP contribution is -2.61. The van der Waals surface area contributed by atoms with E-state index in [1.807, 2.05) is 0 Å². The summed E-state index contributed by atoms with van der Waals surface area (Å²) in [6.45, 7) is 66.4. The van der Waals surface area contributed by atoms with Gasteiger partial charge < -0.3 is 28.4 Å². The quantitative estimate of drug-likeness (QED) is 0.134. The lowest BCUT2D eigenvalue weighted by atomic mass is 9.35. The van der Waals surface area contributed by atoms with Crippen molar-refractivity contribution in [1.82, 2.24) is 0 Å². The molecule has 0 N–H and O–H groups in total. The third kappa shape index (κ3) is 11.9. The third-order valence-corrected chi connectivity index (χ3v) is 28.9. The van der Waals surface area contributed by atoms with Gasteiger partial charge in [-0.1, -0.05) is 224 Å². The number of nitrogens with zero attached hydrogens (tertiary/aromatic N) is 4. The molecule has 2 aromatic heterocycles. The van der Waals surface area contributed by atoms with E-state index in [1.165, 1.54) is 156 Å². The van der Waals surface area contributed by atoms with E-state index >= 15 is 0 Å². The van der Waals surface area contributed by atoms with Gasteiger partial charge >= 0.3 is 0 Å². The van der Waals surface area contributed by atoms with Crippen LogP contribution in [0.1, 0.15) is 273 Å². The fourth-order valence-corrected chi connectivity index (χ4v) is 21.6. The summed E-state index contributed by atoms with van der Waals surface area (Å²) in [5.74, 6) is 0. The lowest BCUT2D eigenvalue weighted by Gasteiger charge is -2.47. The molecule has 12 aromatic rings. The first-order valence-electron chi connectivity index (χ1n) is 43.2. The van der Waals surface area contributed by atoms with Crippen molar-refractivity contribution in [2.24, 2.45) is 0 Å². The minimum atomic E-state index is -0.213. The highest BCUT2D eigenvalue weighted by Crippen LogP contribution is 2.57. The number of aryl methyl sites for hydroxylation is 7. The van der Waals surface area contributed by atoms with E-state index in [-0.39, 0.29) is 62.2 Å². The molecule has 2 aliphatic carbocycles. The van der Waals surface area contributed by atoms with Crippen LogP contribution in [0, 0.1) is 48.5 Å². The van der Waals surface area contributed by atoms with Gasteiger partial charge in [-0.25, -0.2) is 0 Å². The zero-order valence-corrected chi connectivity index (χ0v) is 74.5. The smallest absolute Gasteiger partial charge is 0.297 e. The van der Waals surface area contributed by atoms with Gasteiger partial charge in [-0.15, -0.1) is 0 Å². The Hall–Kier alpha value is -9.39. The first kappa shape index (κ1) is 76.9. The molecule has 0 amide bonds. The van der Waals surface area contributed by atoms with Crippen LogP contribution in [0.2, 0.25) is 0 Å². The fraction of sp³-hybridized carbons (Fsp3) is 0.402. The van der Waals surface area contributed by atoms with Crippen LogP contribution in [0.5, 0.6) is 0 Å². The number of furan rings is 2. The minimum Gasteiger partial charge on any atom is -0.468 e. The second kappa shape index (κ2) is 25.3. The Morgan fingerprint density at radius 3 is 1.00 bits per heavy atom. The number of rotatable bonds is 9. The molecule has 115 heavy (non-hydrogen) atoms. The monoisotopic (exact) mass is 1520 g/mol. The number of fused-ring (bicyclic) bond motifs is 14. The van der Waals surface area contributed by atoms with Crippen molar-refractivity contribution in [3.8, 4) is 0 Å². The molecule has 6 heterocycles. The predicted octanol–water partition coefficient (Wildman–Crippen LogP) is 26.1. The number of benzene rings is 10. The molecule has 8 heteroatoms. The largest absolute Gasteiger partial charge is 0.468 e. The Morgan fingerprint density at radius 1 is 0.304 bits per heavy atom. The average Bonchev–Trinajstić information content (AvgIpc) is 1.67. The van der Waals surface area contributed by atoms with Gasteiger partial charge in [-0.2, -0.15) is 0 Å². The van der Waals surface area contributed by atoms with E-state index in [0.717, 1.165) is 94.5 Å². The Balaban J connectivity index is 0.741. The van der Waals surface area contributed by atoms with Crippen LogP contribution in [-0.4, -0.2) is 13.4 Å². The molecular formula is C107H122B2N4O2. The van der Waals surface area contributed by atoms with Crippen molar-refractivity contribution >= 4 is 137 Å². The van der Waals surface area contributed by atoms with E-state index < -0.39 is 0 Å². The average molecular weight is 1520 g/mol. The maximum atomic E-state index is 7.87. The van der Waals surface area contributed by atoms with Gasteiger partial charge in [0.1, 0.15) is 11.2 Å². The van der Waals surface area contributed by atoms with Crippen molar-refractivity contribution in [3.05, 3.63) is 247 Å². The van der Waals surface area contributed by atoms with Crippen molar-refractivity contribution in [2.75, 3.05) is 19.6 Å². The van der Waals surface area contributed by atoms with Crippen LogP contribution < -0.4 is 52.8 Å². The van der Waals surface area contributed by atoms with Gasteiger partial charge in [0.25, 0.3) is 13.4 Å². The molecule has 18 rings (SSSR count). The molecule has 4 aliphatic heterocycles. The fourth-order valence-electron chi connectivity index (χ4n) is 21.6. The Bertz CT molecular complexity index is 6060. The van der Waals surface area contributed by atoms with E-state index in [0.29, 0.717) is 0 Å². The first-order valence-corrected chi connectivity index (χ1v) is 43.2. The van der Waals surface area contributed by atoms with Gasteiger partial charge in [-0.3, -0.25) is 0 Å². The molecule has 0 unspecified atom stereocenters. The summed E-state index contributed by atoms with van der Waals surface area (Å²) >= 11 is 0. The van der Waals surface area contributed by atoms with Crippen molar-refractivity contribution < 1.29 is 8.83 Å². The van der Waals surface area contributed by atoms with Crippen molar-refractivity contribution in [3.63, 3.8) is 0 Å². The highest BCUT2D eigenvalue weighted by atomic mass is 16.3. The summed E-state index contributed by atoms with van der Waals surface area (Å²) in [5.41, 5.74) is 44.5. The van der Waals surface area contributed by atoms with Crippen LogP contribution in [0.15, 0.2) is 167 Å². The van der Waals surface area contributed by atoms with E-state index in [2.05, 4.69) is 371 Å². The van der Waals surface area contributed by atoms with Gasteiger partial charge in [0.2, 0.25) is 0 Å². The molecule has 0 atom stereocenters. The van der Waals surface area contributed by atoms with Crippen LogP contribution in [0.25, 0.3) is 21.9 Å². The summed E-state index contributed by atoms with van der Waals surface area (Å²) in [6, 6.07) is 63.6. The van der Waals surface area contributed by atoms with Crippen LogP contribution in [-0.2, 0) is 48.7 Å². The highest BCUT2D eigenvalue weighted by molar-refractivity contribution is 7.00. The molecular weight excluding hydrogens is 1390 g/mol. The predicted molar refractivity (Wildman–Crippen MR) is 496 cm³/mol. The van der Waals surface area contributed by atoms with Gasteiger partial charge in [0.15, 0.2) is 0 Å². The van der Waals surface area contributed by atoms with Gasteiger partial charge in [0.05, 0.1) is 34.1 Å². The van der Waals surface area contributed by atoms with Gasteiger partial charge in [0, 0.05) is 56.3 Å². The van der Waals surface area contributed by atoms with Crippen LogP contribution >= 0.6 is 0 Å². The SMILES string of the molecule is Cc1cc(C)c(N2c3cc4c(cc3B3c5oc6cc(C(C)(C)C)ccc6c5N(c5ccc(C(C)(C)CCC(C)(C)c6ccc7c8c(oc7c6)B6c7cc9c(cc7N(c7c(C)cc(C(C)(C)C)cc7C)c7cc(C)cc(c76)N8c6ccc(C(C)(C)C)cc6)C(C)(C)CCC9(C)C)cc5)c5cc(C)cc2c53)C(C)(C)CCC4(C)C)c(C)c1. The number of hydrogen-bond acceptors (Lipinski definition) is 6. The standard InChI is InChI=1S/C107H122B2N4O2/c1-61-47-64(4)93(65(5)48-61)112-83-59-79-77(104(21,22)43-45-106(79,25)26)57-81(83)108-91-86(50-62(2)51-87(91)112)111(95-75-39-33-70(100(11,12)13)55-89(75)114-97(95)108)74-37-31-69(32-38-74)102(17,18)41-42-103(19,20)71-34-40-76-90(56-71)115-98-96(76)110(73-35-29-68(30-36-73)99(8,9)10)85-49-63(3)52-88-92(85)109(98)82-58-78-80(107(27,28)46-44-105(78,23)24)60-84(82)113(88)94-66(6)53-72(54-67(94)7)101(14,15)16/h29-40,47-60H,41-46H2,1-28H3. The molecule has 588 valence electrons. The molecule has 0 saturated heterocycles. The zero-order valence-electron chi connectivity index (χ0n) is 74.5. The summed E-state index contributed by atoms with van der Waals surface area (Å²) in [4.78, 5) is 10.5. The molecule has 0 saturated carbocycles. The summed E-state index contributed by atoms with van der Waals surface area (Å²) < 4.78 is 15.5. The third-order valence-electron chi connectivity index (χ3n) is 28.9. The van der Waals surface area contributed by atoms with Crippen LogP contribution in [0.3, 0.4) is 0 Å². The Kier molecular flexibility index (Phi) is 16.9. The van der Waals surface area contributed by atoms with E-state index in [4.69, 9.17) is 8.83 Å². The number of anilines is 12. The second-order valence-electron chi connectivity index (χ2n) is 43.5. The number of hydrogen-bond donors (Lipinski definition) is 0. The van der Waals surface area contributed by atoms with Gasteiger partial charge in [-0.05, 0) is 326 Å². The Labute approximate surface area is 688 Å². The topological polar surface area (TPSA) is 39.2 Å². The summed E-state index contributed by atoms with van der Waals surface area (Å²) in [6.07, 6.45) is 6.49. The summed E-state index contributed by atoms with van der Waals surface area (Å²) in [5, 5.41) is 2.28. The summed E-state index contributed by atoms with van der Waals surface area (Å²) in [7, 11) is 0. The van der Waals surface area contributed by atoms with Crippen LogP contribution in [0.4, 0.5) is 68.2 Å². The first-order chi connectivity index (χ1) is 53.7. The molecule has 0 fully saturated rings. The Morgan fingerprint density at radius 2 is 0.617 bits per heavy atom. The molecule has 0 spiro atoms. The second-order valence-corrected chi connectivity index (χ2v) is 43.5. The maximum absolute atomic E-state index is 7.87. The highest BCUT2D eigenvalue weighted by Gasteiger charge is 2.53. The van der Waals surface area contributed by atoms with Crippen molar-refractivity contribution in [2.45, 2.75) is 281 Å². The van der Waals surface area contributed by atoms with E-state index in [1.54, 1.807) is 0 Å². The molecule has 0 radical (unpaired) electrons. The molecule has 0 bridgehead atoms. The lowest BCUT2D eigenvalue weighted by molar-refractivity contribution is 0.332. The molecule has 6 nitrogen and oxygen atoms in total. The normalized spacial score (nSPS) is 17.0. The zero-order chi connectivity index (χ0) is 81.9.